The van der Waals surface area contributed by atoms with Crippen molar-refractivity contribution in [3.8, 4) is 0 Å². The molecular formula is C20H26N2O4S. The van der Waals surface area contributed by atoms with Gasteiger partial charge in [0, 0.05) is 6.54 Å². The highest BCUT2D eigenvalue weighted by Crippen LogP contribution is 2.19. The maximum atomic E-state index is 13.0. The van der Waals surface area contributed by atoms with Gasteiger partial charge in [0.15, 0.2) is 5.25 Å². The second-order valence-corrected chi connectivity index (χ2v) is 8.24. The van der Waals surface area contributed by atoms with Crippen LogP contribution in [0.2, 0.25) is 0 Å². The largest absolute Gasteiger partial charge is 0.387 e. The van der Waals surface area contributed by atoms with E-state index in [2.05, 4.69) is 0 Å². The fourth-order valence-electron chi connectivity index (χ4n) is 2.92. The summed E-state index contributed by atoms with van der Waals surface area (Å²) in [6, 6.07) is 18.2. The number of aliphatic hydroxyl groups is 1. The summed E-state index contributed by atoms with van der Waals surface area (Å²) < 4.78 is 23.9. The molecule has 146 valence electrons. The van der Waals surface area contributed by atoms with Gasteiger partial charge >= 0.3 is 0 Å². The van der Waals surface area contributed by atoms with Crippen LogP contribution in [0.5, 0.6) is 0 Å². The predicted molar refractivity (Wildman–Crippen MR) is 105 cm³/mol. The molecule has 0 aliphatic carbocycles. The Bertz CT molecular complexity index is 826. The highest BCUT2D eigenvalue weighted by atomic mass is 32.2. The van der Waals surface area contributed by atoms with Crippen molar-refractivity contribution in [2.45, 2.75) is 37.7 Å². The molecule has 0 saturated heterocycles. The third-order valence-corrected chi connectivity index (χ3v) is 5.56. The minimum absolute atomic E-state index is 0.0204. The van der Waals surface area contributed by atoms with Crippen LogP contribution >= 0.6 is 0 Å². The van der Waals surface area contributed by atoms with Crippen LogP contribution in [0.15, 0.2) is 60.7 Å². The summed E-state index contributed by atoms with van der Waals surface area (Å²) in [5, 5.41) is 14.5. The molecule has 0 bridgehead atoms. The van der Waals surface area contributed by atoms with E-state index in [9.17, 15) is 18.3 Å². The average molecular weight is 391 g/mol. The molecule has 6 nitrogen and oxygen atoms in total. The van der Waals surface area contributed by atoms with Crippen LogP contribution in [0.1, 0.15) is 37.0 Å². The Kier molecular flexibility index (Phi) is 7.53. The van der Waals surface area contributed by atoms with Gasteiger partial charge in [-0.3, -0.25) is 4.79 Å². The second-order valence-electron chi connectivity index (χ2n) is 6.50. The third-order valence-electron chi connectivity index (χ3n) is 4.33. The molecular weight excluding hydrogens is 364 g/mol. The smallest absolute Gasteiger partial charge is 0.242 e. The van der Waals surface area contributed by atoms with Crippen LogP contribution in [0.25, 0.3) is 0 Å². The number of sulfonamides is 1. The van der Waals surface area contributed by atoms with E-state index in [0.29, 0.717) is 12.0 Å². The zero-order chi connectivity index (χ0) is 19.9. The number of nitrogens with two attached hydrogens (primary N) is 1. The Morgan fingerprint density at radius 1 is 1.07 bits per heavy atom. The van der Waals surface area contributed by atoms with E-state index in [1.807, 2.05) is 36.4 Å². The minimum atomic E-state index is -4.04. The number of primary sulfonamides is 1. The molecule has 2 aromatic rings. The highest BCUT2D eigenvalue weighted by molar-refractivity contribution is 7.90. The SMILES string of the molecule is CCCC(C(=O)N(Cc1ccccc1)CC(O)c1ccccc1)S(N)(=O)=O. The average Bonchev–Trinajstić information content (AvgIpc) is 2.65. The lowest BCUT2D eigenvalue weighted by Gasteiger charge is -2.28. The molecule has 2 atom stereocenters. The zero-order valence-corrected chi connectivity index (χ0v) is 16.2. The molecule has 0 aliphatic rings. The number of hydrogen-bond donors (Lipinski definition) is 2. The quantitative estimate of drug-likeness (QED) is 0.685. The molecule has 0 saturated carbocycles. The van der Waals surface area contributed by atoms with Crippen molar-refractivity contribution in [3.63, 3.8) is 0 Å². The number of amides is 1. The lowest BCUT2D eigenvalue weighted by molar-refractivity contribution is -0.133. The van der Waals surface area contributed by atoms with E-state index >= 15 is 0 Å². The summed E-state index contributed by atoms with van der Waals surface area (Å²) in [6.45, 7) is 1.97. The number of aliphatic hydroxyl groups excluding tert-OH is 1. The lowest BCUT2D eigenvalue weighted by Crippen LogP contribution is -2.46. The van der Waals surface area contributed by atoms with Gasteiger partial charge in [-0.2, -0.15) is 0 Å². The molecule has 0 fully saturated rings. The second kappa shape index (κ2) is 9.64. The Hall–Kier alpha value is -2.22. The maximum Gasteiger partial charge on any atom is 0.242 e. The predicted octanol–water partition coefficient (Wildman–Crippen LogP) is 2.21. The molecule has 0 heterocycles. The van der Waals surface area contributed by atoms with E-state index < -0.39 is 27.3 Å². The first-order valence-electron chi connectivity index (χ1n) is 8.90. The van der Waals surface area contributed by atoms with Gasteiger partial charge in [-0.1, -0.05) is 74.0 Å². The van der Waals surface area contributed by atoms with Gasteiger partial charge < -0.3 is 10.0 Å². The summed E-state index contributed by atoms with van der Waals surface area (Å²) in [7, 11) is -4.04. The Morgan fingerprint density at radius 3 is 2.15 bits per heavy atom. The Labute approximate surface area is 160 Å². The first kappa shape index (κ1) is 21.1. The van der Waals surface area contributed by atoms with E-state index in [1.54, 1.807) is 31.2 Å². The first-order chi connectivity index (χ1) is 12.8. The fourth-order valence-corrected chi connectivity index (χ4v) is 3.91. The maximum absolute atomic E-state index is 13.0. The summed E-state index contributed by atoms with van der Waals surface area (Å²) in [6.07, 6.45) is -0.279. The fraction of sp³-hybridized carbons (Fsp3) is 0.350. The standard InChI is InChI=1S/C20H26N2O4S/c1-2-9-19(27(21,25)26)20(24)22(14-16-10-5-3-6-11-16)15-18(23)17-12-7-4-8-13-17/h3-8,10-13,18-19,23H,2,9,14-15H2,1H3,(H2,21,25,26). The molecule has 2 aromatic carbocycles. The monoisotopic (exact) mass is 390 g/mol. The minimum Gasteiger partial charge on any atom is -0.387 e. The van der Waals surface area contributed by atoms with Gasteiger partial charge in [-0.25, -0.2) is 13.6 Å². The molecule has 3 N–H and O–H groups in total. The highest BCUT2D eigenvalue weighted by Gasteiger charge is 2.33. The van der Waals surface area contributed by atoms with Crippen LogP contribution in [0.4, 0.5) is 0 Å². The van der Waals surface area contributed by atoms with Crippen molar-refractivity contribution in [2.24, 2.45) is 5.14 Å². The summed E-state index contributed by atoms with van der Waals surface area (Å²) in [5.41, 5.74) is 1.50. The van der Waals surface area contributed by atoms with Crippen LogP contribution in [0.3, 0.4) is 0 Å². The van der Waals surface area contributed by atoms with Crippen molar-refractivity contribution < 1.29 is 18.3 Å². The molecule has 0 aliphatic heterocycles. The van der Waals surface area contributed by atoms with Gasteiger partial charge in [0.05, 0.1) is 12.6 Å². The lowest BCUT2D eigenvalue weighted by atomic mass is 10.1. The molecule has 7 heteroatoms. The normalized spacial score (nSPS) is 13.7. The molecule has 27 heavy (non-hydrogen) atoms. The molecule has 0 aromatic heterocycles. The van der Waals surface area contributed by atoms with Crippen molar-refractivity contribution in [1.82, 2.24) is 4.90 Å². The van der Waals surface area contributed by atoms with Crippen LogP contribution in [-0.4, -0.2) is 36.1 Å². The number of carbonyl (C=O) groups is 1. The molecule has 2 rings (SSSR count). The van der Waals surface area contributed by atoms with Crippen molar-refractivity contribution >= 4 is 15.9 Å². The van der Waals surface area contributed by atoms with Crippen LogP contribution in [0, 0.1) is 0 Å². The van der Waals surface area contributed by atoms with Crippen LogP contribution in [-0.2, 0) is 21.4 Å². The summed E-state index contributed by atoms with van der Waals surface area (Å²) in [4.78, 5) is 14.4. The van der Waals surface area contributed by atoms with E-state index in [1.165, 1.54) is 4.90 Å². The van der Waals surface area contributed by atoms with Crippen molar-refractivity contribution in [1.29, 1.82) is 0 Å². The van der Waals surface area contributed by atoms with Gasteiger partial charge in [-0.15, -0.1) is 0 Å². The number of carbonyl (C=O) groups excluding carboxylic acids is 1. The molecule has 0 spiro atoms. The third kappa shape index (κ3) is 6.16. The zero-order valence-electron chi connectivity index (χ0n) is 15.4. The number of nitrogens with zero attached hydrogens (tertiary/aromatic N) is 1. The molecule has 2 unspecified atom stereocenters. The number of hydrogen-bond acceptors (Lipinski definition) is 4. The van der Waals surface area contributed by atoms with Gasteiger partial charge in [-0.05, 0) is 17.5 Å². The molecule has 1 amide bonds. The van der Waals surface area contributed by atoms with E-state index in [4.69, 9.17) is 5.14 Å². The Balaban J connectivity index is 2.29. The topological polar surface area (TPSA) is 101 Å². The summed E-state index contributed by atoms with van der Waals surface area (Å²) >= 11 is 0. The van der Waals surface area contributed by atoms with E-state index in [-0.39, 0.29) is 19.5 Å². The Morgan fingerprint density at radius 2 is 1.63 bits per heavy atom. The van der Waals surface area contributed by atoms with Gasteiger partial charge in [0.2, 0.25) is 15.9 Å². The van der Waals surface area contributed by atoms with Crippen molar-refractivity contribution in [2.75, 3.05) is 6.54 Å². The van der Waals surface area contributed by atoms with Crippen LogP contribution < -0.4 is 5.14 Å². The van der Waals surface area contributed by atoms with Gasteiger partial charge in [0.25, 0.3) is 0 Å². The number of rotatable bonds is 9. The first-order valence-corrected chi connectivity index (χ1v) is 10.5. The van der Waals surface area contributed by atoms with Crippen molar-refractivity contribution in [3.05, 3.63) is 71.8 Å². The number of benzene rings is 2. The van der Waals surface area contributed by atoms with Gasteiger partial charge in [0.1, 0.15) is 0 Å². The summed E-state index contributed by atoms with van der Waals surface area (Å²) in [5.74, 6) is -0.585. The van der Waals surface area contributed by atoms with E-state index in [0.717, 1.165) is 5.56 Å². The molecule has 0 radical (unpaired) electrons.